The van der Waals surface area contributed by atoms with Crippen LogP contribution >= 0.6 is 0 Å². The van der Waals surface area contributed by atoms with Crippen LogP contribution in [0.4, 0.5) is 4.39 Å². The third-order valence-corrected chi connectivity index (χ3v) is 5.44. The minimum Gasteiger partial charge on any atom is -0.481 e. The van der Waals surface area contributed by atoms with Gasteiger partial charge in [-0.2, -0.15) is 0 Å². The largest absolute Gasteiger partial charge is 0.481 e. The molecular weight excluding hydrogens is 313 g/mol. The highest BCUT2D eigenvalue weighted by Gasteiger charge is 2.42. The lowest BCUT2D eigenvalue weighted by atomic mass is 9.72. The summed E-state index contributed by atoms with van der Waals surface area (Å²) in [4.78, 5) is 23.4. The van der Waals surface area contributed by atoms with E-state index in [1.807, 2.05) is 0 Å². The second-order valence-electron chi connectivity index (χ2n) is 6.75. The van der Waals surface area contributed by atoms with Crippen LogP contribution in [0.25, 0.3) is 0 Å². The van der Waals surface area contributed by atoms with E-state index < -0.39 is 17.8 Å². The number of benzene rings is 1. The number of hydrogen-bond donors (Lipinski definition) is 2. The van der Waals surface area contributed by atoms with Crippen molar-refractivity contribution in [2.24, 2.45) is 11.8 Å². The average molecular weight is 335 g/mol. The Bertz CT molecular complexity index is 610. The summed E-state index contributed by atoms with van der Waals surface area (Å²) in [6.45, 7) is 1.60. The van der Waals surface area contributed by atoms with Crippen molar-refractivity contribution in [2.75, 3.05) is 19.8 Å². The second kappa shape index (κ2) is 6.89. The zero-order chi connectivity index (χ0) is 17.2. The number of halogens is 1. The number of carbonyl (C=O) groups is 2. The number of amides is 1. The molecule has 1 aromatic rings. The van der Waals surface area contributed by atoms with Crippen molar-refractivity contribution in [1.29, 1.82) is 0 Å². The smallest absolute Gasteiger partial charge is 0.307 e. The van der Waals surface area contributed by atoms with Gasteiger partial charge in [0.2, 0.25) is 5.91 Å². The Morgan fingerprint density at radius 1 is 1.17 bits per heavy atom. The Morgan fingerprint density at radius 3 is 2.33 bits per heavy atom. The van der Waals surface area contributed by atoms with Crippen molar-refractivity contribution in [1.82, 2.24) is 5.32 Å². The normalized spacial score (nSPS) is 25.5. The lowest BCUT2D eigenvalue weighted by Crippen LogP contribution is -2.49. The molecule has 0 bridgehead atoms. The Hall–Kier alpha value is -1.95. The van der Waals surface area contributed by atoms with Gasteiger partial charge in [0.25, 0.3) is 0 Å². The van der Waals surface area contributed by atoms with Crippen molar-refractivity contribution < 1.29 is 23.8 Å². The van der Waals surface area contributed by atoms with Crippen LogP contribution in [0.2, 0.25) is 0 Å². The Balaban J connectivity index is 1.70. The SMILES string of the molecule is O=C(O)C1CCC1C(=O)NCC1(c2ccc(F)cc2)CCOCC1. The van der Waals surface area contributed by atoms with Crippen LogP contribution in [0.1, 0.15) is 31.2 Å². The van der Waals surface area contributed by atoms with E-state index in [4.69, 9.17) is 9.84 Å². The molecule has 24 heavy (non-hydrogen) atoms. The first-order valence-electron chi connectivity index (χ1n) is 8.36. The summed E-state index contributed by atoms with van der Waals surface area (Å²) in [5, 5.41) is 12.0. The summed E-state index contributed by atoms with van der Waals surface area (Å²) in [6.07, 6.45) is 2.66. The summed E-state index contributed by atoms with van der Waals surface area (Å²) in [5.74, 6) is -2.39. The summed E-state index contributed by atoms with van der Waals surface area (Å²) >= 11 is 0. The van der Waals surface area contributed by atoms with Crippen LogP contribution in [0.15, 0.2) is 24.3 Å². The van der Waals surface area contributed by atoms with Gasteiger partial charge in [-0.25, -0.2) is 4.39 Å². The summed E-state index contributed by atoms with van der Waals surface area (Å²) in [6, 6.07) is 6.38. The molecule has 130 valence electrons. The Labute approximate surface area is 140 Å². The Morgan fingerprint density at radius 2 is 1.79 bits per heavy atom. The predicted octanol–water partition coefficient (Wildman–Crippen LogP) is 2.10. The fourth-order valence-corrected chi connectivity index (χ4v) is 3.63. The van der Waals surface area contributed by atoms with E-state index in [1.165, 1.54) is 12.1 Å². The topological polar surface area (TPSA) is 75.6 Å². The number of carboxylic acid groups (broad SMARTS) is 1. The van der Waals surface area contributed by atoms with E-state index >= 15 is 0 Å². The molecule has 0 radical (unpaired) electrons. The highest BCUT2D eigenvalue weighted by Crippen LogP contribution is 2.37. The number of ether oxygens (including phenoxy) is 1. The molecule has 2 fully saturated rings. The molecule has 1 aliphatic heterocycles. The van der Waals surface area contributed by atoms with Crippen LogP contribution in [-0.4, -0.2) is 36.7 Å². The molecule has 1 amide bonds. The minimum absolute atomic E-state index is 0.193. The molecule has 2 atom stereocenters. The van der Waals surface area contributed by atoms with E-state index in [1.54, 1.807) is 12.1 Å². The molecule has 1 aromatic carbocycles. The van der Waals surface area contributed by atoms with Gasteiger partial charge in [-0.15, -0.1) is 0 Å². The van der Waals surface area contributed by atoms with Gasteiger partial charge in [0.05, 0.1) is 11.8 Å². The maximum atomic E-state index is 13.2. The van der Waals surface area contributed by atoms with E-state index in [-0.39, 0.29) is 17.1 Å². The molecule has 1 saturated heterocycles. The predicted molar refractivity (Wildman–Crippen MR) is 85.0 cm³/mol. The lowest BCUT2D eigenvalue weighted by Gasteiger charge is -2.39. The maximum Gasteiger partial charge on any atom is 0.307 e. The molecule has 0 spiro atoms. The first kappa shape index (κ1) is 16.9. The molecule has 0 aromatic heterocycles. The molecule has 1 saturated carbocycles. The fraction of sp³-hybridized carbons (Fsp3) is 0.556. The van der Waals surface area contributed by atoms with Gasteiger partial charge in [0, 0.05) is 25.2 Å². The number of aliphatic carboxylic acids is 1. The standard InChI is InChI=1S/C18H22FNO4/c19-13-3-1-12(2-4-13)18(7-9-24-10-8-18)11-20-16(21)14-5-6-15(14)17(22)23/h1-4,14-15H,5-11H2,(H,20,21)(H,22,23). The number of carboxylic acids is 1. The molecule has 2 N–H and O–H groups in total. The van der Waals surface area contributed by atoms with Crippen LogP contribution in [0.3, 0.4) is 0 Å². The summed E-state index contributed by atoms with van der Waals surface area (Å²) in [7, 11) is 0. The van der Waals surface area contributed by atoms with Crippen molar-refractivity contribution in [3.63, 3.8) is 0 Å². The second-order valence-corrected chi connectivity index (χ2v) is 6.75. The number of nitrogens with one attached hydrogen (secondary N) is 1. The number of carbonyl (C=O) groups excluding carboxylic acids is 1. The molecule has 5 nitrogen and oxygen atoms in total. The Kier molecular flexibility index (Phi) is 4.85. The molecular formula is C18H22FNO4. The third-order valence-electron chi connectivity index (χ3n) is 5.44. The van der Waals surface area contributed by atoms with Crippen LogP contribution in [0, 0.1) is 17.7 Å². The molecule has 1 heterocycles. The third kappa shape index (κ3) is 3.29. The molecule has 2 aliphatic rings. The van der Waals surface area contributed by atoms with Crippen molar-refractivity contribution in [3.05, 3.63) is 35.6 Å². The van der Waals surface area contributed by atoms with Gasteiger partial charge in [0.1, 0.15) is 5.82 Å². The van der Waals surface area contributed by atoms with Crippen LogP contribution in [0.5, 0.6) is 0 Å². The monoisotopic (exact) mass is 335 g/mol. The zero-order valence-electron chi connectivity index (χ0n) is 13.5. The molecule has 3 rings (SSSR count). The van der Waals surface area contributed by atoms with Crippen molar-refractivity contribution in [3.8, 4) is 0 Å². The van der Waals surface area contributed by atoms with Gasteiger partial charge in [-0.3, -0.25) is 9.59 Å². The number of hydrogen-bond acceptors (Lipinski definition) is 3. The summed E-state index contributed by atoms with van der Waals surface area (Å²) < 4.78 is 18.7. The quantitative estimate of drug-likeness (QED) is 0.864. The molecule has 1 aliphatic carbocycles. The first-order chi connectivity index (χ1) is 11.5. The van der Waals surface area contributed by atoms with Gasteiger partial charge >= 0.3 is 5.97 Å². The average Bonchev–Trinajstić information content (AvgIpc) is 2.53. The van der Waals surface area contributed by atoms with Gasteiger partial charge < -0.3 is 15.2 Å². The van der Waals surface area contributed by atoms with E-state index in [0.29, 0.717) is 32.6 Å². The van der Waals surface area contributed by atoms with E-state index in [2.05, 4.69) is 5.32 Å². The van der Waals surface area contributed by atoms with Crippen molar-refractivity contribution >= 4 is 11.9 Å². The summed E-state index contributed by atoms with van der Waals surface area (Å²) in [5.41, 5.74) is 0.695. The zero-order valence-corrected chi connectivity index (χ0v) is 13.5. The molecule has 2 unspecified atom stereocenters. The van der Waals surface area contributed by atoms with E-state index in [9.17, 15) is 14.0 Å². The number of rotatable bonds is 5. The minimum atomic E-state index is -0.902. The maximum absolute atomic E-state index is 13.2. The first-order valence-corrected chi connectivity index (χ1v) is 8.36. The fourth-order valence-electron chi connectivity index (χ4n) is 3.63. The van der Waals surface area contributed by atoms with Gasteiger partial charge in [-0.1, -0.05) is 12.1 Å². The van der Waals surface area contributed by atoms with Gasteiger partial charge in [-0.05, 0) is 43.4 Å². The van der Waals surface area contributed by atoms with E-state index in [0.717, 1.165) is 18.4 Å². The highest BCUT2D eigenvalue weighted by molar-refractivity contribution is 5.86. The van der Waals surface area contributed by atoms with Crippen molar-refractivity contribution in [2.45, 2.75) is 31.1 Å². The lowest BCUT2D eigenvalue weighted by molar-refractivity contribution is -0.152. The van der Waals surface area contributed by atoms with Gasteiger partial charge in [0.15, 0.2) is 0 Å². The van der Waals surface area contributed by atoms with Crippen LogP contribution in [-0.2, 0) is 19.7 Å². The molecule has 6 heteroatoms. The van der Waals surface area contributed by atoms with Crippen LogP contribution < -0.4 is 5.32 Å². The highest BCUT2D eigenvalue weighted by atomic mass is 19.1.